The van der Waals surface area contributed by atoms with Crippen LogP contribution in [0, 0.1) is 0 Å². The van der Waals surface area contributed by atoms with E-state index in [-0.39, 0.29) is 17.7 Å². The molecule has 2 aromatic rings. The van der Waals surface area contributed by atoms with Gasteiger partial charge in [0.15, 0.2) is 5.78 Å². The summed E-state index contributed by atoms with van der Waals surface area (Å²) in [4.78, 5) is 38.5. The van der Waals surface area contributed by atoms with Gasteiger partial charge in [-0.1, -0.05) is 24.3 Å². The average Bonchev–Trinajstić information content (AvgIpc) is 3.28. The van der Waals surface area contributed by atoms with Crippen molar-refractivity contribution >= 4 is 29.0 Å². The van der Waals surface area contributed by atoms with Gasteiger partial charge in [-0.3, -0.25) is 9.59 Å². The van der Waals surface area contributed by atoms with Crippen LogP contribution in [0.5, 0.6) is 0 Å². The highest BCUT2D eigenvalue weighted by Crippen LogP contribution is 2.25. The van der Waals surface area contributed by atoms with Crippen LogP contribution in [-0.4, -0.2) is 40.3 Å². The lowest BCUT2D eigenvalue weighted by atomic mass is 10.0. The number of benzene rings is 1. The molecule has 6 heteroatoms. The summed E-state index contributed by atoms with van der Waals surface area (Å²) in [5, 5.41) is 9.01. The summed E-state index contributed by atoms with van der Waals surface area (Å²) in [5.41, 5.74) is 1.73. The first-order valence-electron chi connectivity index (χ1n) is 9.66. The number of nitrogens with zero attached hydrogens (tertiary/aromatic N) is 1. The predicted molar refractivity (Wildman–Crippen MR) is 109 cm³/mol. The Bertz CT molecular complexity index is 873. The number of thiophene rings is 1. The van der Waals surface area contributed by atoms with Crippen LogP contribution in [0.1, 0.15) is 63.1 Å². The van der Waals surface area contributed by atoms with E-state index >= 15 is 0 Å². The molecular weight excluding hydrogens is 374 g/mol. The number of carboxylic acid groups (broad SMARTS) is 1. The van der Waals surface area contributed by atoms with Gasteiger partial charge in [-0.25, -0.2) is 4.79 Å². The number of ketones is 1. The number of Topliss-reactive ketones (excluding diaryl/α,β-unsaturated/α-hetero) is 1. The monoisotopic (exact) mass is 399 g/mol. The van der Waals surface area contributed by atoms with Crippen molar-refractivity contribution in [3.8, 4) is 0 Å². The van der Waals surface area contributed by atoms with Crippen LogP contribution in [0.15, 0.2) is 36.4 Å². The van der Waals surface area contributed by atoms with Crippen molar-refractivity contribution in [1.82, 2.24) is 4.90 Å². The van der Waals surface area contributed by atoms with Crippen LogP contribution in [0.2, 0.25) is 0 Å². The first kappa shape index (κ1) is 20.3. The van der Waals surface area contributed by atoms with Gasteiger partial charge in [0.25, 0.3) is 0 Å². The van der Waals surface area contributed by atoms with Crippen molar-refractivity contribution < 1.29 is 19.5 Å². The van der Waals surface area contributed by atoms with Crippen LogP contribution in [-0.2, 0) is 17.6 Å². The van der Waals surface area contributed by atoms with Gasteiger partial charge in [0, 0.05) is 29.4 Å². The molecule has 0 spiro atoms. The fourth-order valence-electron chi connectivity index (χ4n) is 3.86. The normalized spacial score (nSPS) is 16.5. The summed E-state index contributed by atoms with van der Waals surface area (Å²) in [6.45, 7) is 2.21. The summed E-state index contributed by atoms with van der Waals surface area (Å²) >= 11 is 1.32. The van der Waals surface area contributed by atoms with Gasteiger partial charge >= 0.3 is 5.97 Å². The van der Waals surface area contributed by atoms with Crippen molar-refractivity contribution in [3.63, 3.8) is 0 Å². The molecule has 1 aliphatic rings. The molecule has 0 bridgehead atoms. The SMILES string of the molecule is CC(=O)c1ccccc1CCN1C(=O)CC[C@@H]1CCCc1ccc(C(=O)O)s1. The maximum Gasteiger partial charge on any atom is 0.345 e. The summed E-state index contributed by atoms with van der Waals surface area (Å²) in [6, 6.07) is 11.4. The quantitative estimate of drug-likeness (QED) is 0.641. The second-order valence-electron chi connectivity index (χ2n) is 7.21. The highest BCUT2D eigenvalue weighted by atomic mass is 32.1. The molecule has 3 rings (SSSR count). The maximum atomic E-state index is 12.3. The molecule has 0 unspecified atom stereocenters. The molecule has 0 aliphatic carbocycles. The minimum absolute atomic E-state index is 0.0524. The standard InChI is InChI=1S/C22H25NO4S/c1-15(24)19-8-3-2-5-16(19)13-14-23-17(9-12-21(23)25)6-4-7-18-10-11-20(28-18)22(26)27/h2-3,5,8,10-11,17H,4,6-7,9,12-14H2,1H3,(H,26,27)/t17-/m0/s1. The third-order valence-corrected chi connectivity index (χ3v) is 6.44. The first-order valence-corrected chi connectivity index (χ1v) is 10.5. The van der Waals surface area contributed by atoms with E-state index < -0.39 is 5.97 Å². The van der Waals surface area contributed by atoms with E-state index in [0.717, 1.165) is 41.7 Å². The average molecular weight is 400 g/mol. The molecule has 28 heavy (non-hydrogen) atoms. The Morgan fingerprint density at radius 2 is 1.96 bits per heavy atom. The second-order valence-corrected chi connectivity index (χ2v) is 8.37. The van der Waals surface area contributed by atoms with Crippen LogP contribution >= 0.6 is 11.3 Å². The molecular formula is C22H25NO4S. The molecule has 1 N–H and O–H groups in total. The van der Waals surface area contributed by atoms with Crippen LogP contribution in [0.4, 0.5) is 0 Å². The Balaban J connectivity index is 1.54. The van der Waals surface area contributed by atoms with Crippen molar-refractivity contribution in [2.24, 2.45) is 0 Å². The number of carbonyl (C=O) groups is 3. The number of aryl methyl sites for hydroxylation is 1. The highest BCUT2D eigenvalue weighted by Gasteiger charge is 2.30. The van der Waals surface area contributed by atoms with E-state index in [4.69, 9.17) is 5.11 Å². The smallest absolute Gasteiger partial charge is 0.345 e. The van der Waals surface area contributed by atoms with Crippen molar-refractivity contribution in [2.45, 2.75) is 51.5 Å². The van der Waals surface area contributed by atoms with Gasteiger partial charge in [-0.15, -0.1) is 11.3 Å². The zero-order chi connectivity index (χ0) is 20.1. The van der Waals surface area contributed by atoms with E-state index in [1.54, 1.807) is 13.0 Å². The van der Waals surface area contributed by atoms with Gasteiger partial charge in [0.05, 0.1) is 0 Å². The lowest BCUT2D eigenvalue weighted by molar-refractivity contribution is -0.129. The number of carbonyl (C=O) groups excluding carboxylic acids is 2. The number of aromatic carboxylic acids is 1. The van der Waals surface area contributed by atoms with E-state index in [2.05, 4.69) is 0 Å². The summed E-state index contributed by atoms with van der Waals surface area (Å²) in [6.07, 6.45) is 4.83. The minimum Gasteiger partial charge on any atom is -0.477 e. The number of rotatable bonds is 9. The number of hydrogen-bond donors (Lipinski definition) is 1. The fraction of sp³-hybridized carbons (Fsp3) is 0.409. The summed E-state index contributed by atoms with van der Waals surface area (Å²) in [5.74, 6) is -0.638. The van der Waals surface area contributed by atoms with Crippen LogP contribution in [0.25, 0.3) is 0 Å². The van der Waals surface area contributed by atoms with E-state index in [0.29, 0.717) is 24.3 Å². The van der Waals surface area contributed by atoms with Crippen molar-refractivity contribution in [1.29, 1.82) is 0 Å². The van der Waals surface area contributed by atoms with Gasteiger partial charge in [-0.2, -0.15) is 0 Å². The Hall–Kier alpha value is -2.47. The lowest BCUT2D eigenvalue weighted by Crippen LogP contribution is -2.35. The van der Waals surface area contributed by atoms with Crippen molar-refractivity contribution in [3.05, 3.63) is 57.3 Å². The zero-order valence-corrected chi connectivity index (χ0v) is 16.8. The predicted octanol–water partition coefficient (Wildman–Crippen LogP) is 4.21. The Morgan fingerprint density at radius 1 is 1.18 bits per heavy atom. The second kappa shape index (κ2) is 9.15. The number of hydrogen-bond acceptors (Lipinski definition) is 4. The maximum absolute atomic E-state index is 12.3. The van der Waals surface area contributed by atoms with Crippen LogP contribution in [0.3, 0.4) is 0 Å². The van der Waals surface area contributed by atoms with Gasteiger partial charge in [0.2, 0.25) is 5.91 Å². The molecule has 1 aromatic heterocycles. The van der Waals surface area contributed by atoms with E-state index in [9.17, 15) is 14.4 Å². The fourth-order valence-corrected chi connectivity index (χ4v) is 4.75. The van der Waals surface area contributed by atoms with Gasteiger partial charge in [-0.05, 0) is 56.7 Å². The topological polar surface area (TPSA) is 74.7 Å². The molecule has 1 aromatic carbocycles. The summed E-state index contributed by atoms with van der Waals surface area (Å²) in [7, 11) is 0. The zero-order valence-electron chi connectivity index (χ0n) is 16.0. The first-order chi connectivity index (χ1) is 13.5. The molecule has 0 radical (unpaired) electrons. The largest absolute Gasteiger partial charge is 0.477 e. The third-order valence-electron chi connectivity index (χ3n) is 5.30. The molecule has 5 nitrogen and oxygen atoms in total. The highest BCUT2D eigenvalue weighted by molar-refractivity contribution is 7.13. The molecule has 1 amide bonds. The van der Waals surface area contributed by atoms with Gasteiger partial charge in [0.1, 0.15) is 4.88 Å². The molecule has 1 atom stereocenters. The molecule has 1 aliphatic heterocycles. The van der Waals surface area contributed by atoms with Gasteiger partial charge < -0.3 is 10.0 Å². The Kier molecular flexibility index (Phi) is 6.62. The molecule has 1 fully saturated rings. The van der Waals surface area contributed by atoms with E-state index in [1.165, 1.54) is 11.3 Å². The molecule has 148 valence electrons. The molecule has 1 saturated heterocycles. The molecule has 2 heterocycles. The van der Waals surface area contributed by atoms with Crippen LogP contribution < -0.4 is 0 Å². The third kappa shape index (κ3) is 4.87. The van der Waals surface area contributed by atoms with Crippen molar-refractivity contribution in [2.75, 3.05) is 6.54 Å². The Morgan fingerprint density at radius 3 is 2.68 bits per heavy atom. The van der Waals surface area contributed by atoms with E-state index in [1.807, 2.05) is 35.2 Å². The Labute approximate surface area is 169 Å². The number of carboxylic acids is 1. The summed E-state index contributed by atoms with van der Waals surface area (Å²) < 4.78 is 0. The number of likely N-dealkylation sites (tertiary alicyclic amines) is 1. The number of amides is 1. The minimum atomic E-state index is -0.880. The lowest BCUT2D eigenvalue weighted by Gasteiger charge is -2.25. The molecule has 0 saturated carbocycles.